The van der Waals surface area contributed by atoms with Crippen LogP contribution < -0.4 is 5.32 Å². The van der Waals surface area contributed by atoms with Gasteiger partial charge in [-0.1, -0.05) is 20.8 Å². The topological polar surface area (TPSA) is 51.2 Å². The van der Waals surface area contributed by atoms with Crippen LogP contribution in [0.4, 0.5) is 5.82 Å². The monoisotopic (exact) mass is 236 g/mol. The number of hydrogen-bond donors (Lipinski definition) is 1. The van der Waals surface area contributed by atoms with Crippen molar-refractivity contribution in [3.63, 3.8) is 0 Å². The van der Waals surface area contributed by atoms with E-state index in [0.717, 1.165) is 6.54 Å². The number of rotatable bonds is 5. The number of carbonyl (C=O) groups is 1. The van der Waals surface area contributed by atoms with E-state index in [0.29, 0.717) is 23.2 Å². The minimum atomic E-state index is -0.363. The van der Waals surface area contributed by atoms with Crippen LogP contribution in [0.2, 0.25) is 0 Å². The predicted molar refractivity (Wildman–Crippen MR) is 68.1 cm³/mol. The summed E-state index contributed by atoms with van der Waals surface area (Å²) in [6, 6.07) is 3.44. The molecule has 1 heterocycles. The molecule has 0 fully saturated rings. The highest BCUT2D eigenvalue weighted by Gasteiger charge is 2.13. The Hall–Kier alpha value is -1.58. The summed E-state index contributed by atoms with van der Waals surface area (Å²) >= 11 is 0. The molecule has 1 unspecified atom stereocenters. The van der Waals surface area contributed by atoms with E-state index in [1.165, 1.54) is 7.11 Å². The largest absolute Gasteiger partial charge is 0.465 e. The maximum Gasteiger partial charge on any atom is 0.341 e. The van der Waals surface area contributed by atoms with Gasteiger partial charge in [-0.15, -0.1) is 0 Å². The molecule has 0 aliphatic heterocycles. The molecular weight excluding hydrogens is 216 g/mol. The molecule has 4 nitrogen and oxygen atoms in total. The third kappa shape index (κ3) is 3.73. The Balaban J connectivity index is 2.74. The van der Waals surface area contributed by atoms with Crippen molar-refractivity contribution in [2.45, 2.75) is 20.8 Å². The number of aromatic nitrogens is 1. The first kappa shape index (κ1) is 13.5. The van der Waals surface area contributed by atoms with E-state index in [1.54, 1.807) is 18.3 Å². The van der Waals surface area contributed by atoms with Gasteiger partial charge in [-0.05, 0) is 24.0 Å². The molecule has 0 saturated heterocycles. The molecule has 4 heteroatoms. The van der Waals surface area contributed by atoms with Crippen molar-refractivity contribution >= 4 is 11.8 Å². The van der Waals surface area contributed by atoms with E-state index in [1.807, 2.05) is 0 Å². The Labute approximate surface area is 102 Å². The summed E-state index contributed by atoms with van der Waals surface area (Å²) in [4.78, 5) is 15.7. The molecule has 17 heavy (non-hydrogen) atoms. The smallest absolute Gasteiger partial charge is 0.341 e. The molecule has 0 spiro atoms. The summed E-state index contributed by atoms with van der Waals surface area (Å²) in [6.45, 7) is 7.30. The number of hydrogen-bond acceptors (Lipinski definition) is 4. The Bertz CT molecular complexity index is 377. The third-order valence-corrected chi connectivity index (χ3v) is 2.94. The van der Waals surface area contributed by atoms with Crippen LogP contribution in [-0.2, 0) is 4.74 Å². The van der Waals surface area contributed by atoms with Gasteiger partial charge in [0, 0.05) is 12.7 Å². The van der Waals surface area contributed by atoms with E-state index < -0.39 is 0 Å². The van der Waals surface area contributed by atoms with Gasteiger partial charge in [0.2, 0.25) is 0 Å². The normalized spacial score (nSPS) is 12.3. The lowest BCUT2D eigenvalue weighted by atomic mass is 9.98. The molecule has 0 radical (unpaired) electrons. The maximum absolute atomic E-state index is 11.5. The zero-order valence-electron chi connectivity index (χ0n) is 10.9. The fourth-order valence-electron chi connectivity index (χ4n) is 1.31. The minimum Gasteiger partial charge on any atom is -0.465 e. The van der Waals surface area contributed by atoms with Gasteiger partial charge in [-0.25, -0.2) is 9.78 Å². The van der Waals surface area contributed by atoms with Crippen molar-refractivity contribution < 1.29 is 9.53 Å². The SMILES string of the molecule is COC(=O)c1cccnc1NCC(C)C(C)C. The first-order valence-electron chi connectivity index (χ1n) is 5.83. The minimum absolute atomic E-state index is 0.363. The van der Waals surface area contributed by atoms with Crippen molar-refractivity contribution in [3.05, 3.63) is 23.9 Å². The Kier molecular flexibility index (Phi) is 4.94. The first-order chi connectivity index (χ1) is 8.06. The zero-order chi connectivity index (χ0) is 12.8. The lowest BCUT2D eigenvalue weighted by molar-refractivity contribution is 0.0601. The Morgan fingerprint density at radius 1 is 1.47 bits per heavy atom. The van der Waals surface area contributed by atoms with Crippen LogP contribution in [0.5, 0.6) is 0 Å². The second kappa shape index (κ2) is 6.23. The molecule has 1 rings (SSSR count). The van der Waals surface area contributed by atoms with Crippen LogP contribution in [0.25, 0.3) is 0 Å². The quantitative estimate of drug-likeness (QED) is 0.798. The number of ether oxygens (including phenoxy) is 1. The molecule has 1 atom stereocenters. The second-order valence-corrected chi connectivity index (χ2v) is 4.49. The summed E-state index contributed by atoms with van der Waals surface area (Å²) < 4.78 is 4.71. The molecule has 1 aromatic rings. The third-order valence-electron chi connectivity index (χ3n) is 2.94. The highest BCUT2D eigenvalue weighted by Crippen LogP contribution is 2.15. The predicted octanol–water partition coefficient (Wildman–Crippen LogP) is 2.57. The summed E-state index contributed by atoms with van der Waals surface area (Å²) in [6.07, 6.45) is 1.66. The number of pyridine rings is 1. The zero-order valence-corrected chi connectivity index (χ0v) is 10.9. The van der Waals surface area contributed by atoms with Gasteiger partial charge in [-0.2, -0.15) is 0 Å². The van der Waals surface area contributed by atoms with Crippen molar-refractivity contribution in [2.75, 3.05) is 19.0 Å². The van der Waals surface area contributed by atoms with E-state index in [2.05, 4.69) is 31.1 Å². The van der Waals surface area contributed by atoms with Crippen molar-refractivity contribution in [1.82, 2.24) is 4.98 Å². The first-order valence-corrected chi connectivity index (χ1v) is 5.83. The van der Waals surface area contributed by atoms with Crippen LogP contribution in [0.3, 0.4) is 0 Å². The molecule has 0 aliphatic rings. The number of carbonyl (C=O) groups excluding carboxylic acids is 1. The lowest BCUT2D eigenvalue weighted by Crippen LogP contribution is -2.18. The van der Waals surface area contributed by atoms with Crippen LogP contribution >= 0.6 is 0 Å². The molecule has 0 bridgehead atoms. The number of esters is 1. The summed E-state index contributed by atoms with van der Waals surface area (Å²) in [7, 11) is 1.37. The van der Waals surface area contributed by atoms with E-state index in [9.17, 15) is 4.79 Å². The van der Waals surface area contributed by atoms with Gasteiger partial charge in [-0.3, -0.25) is 0 Å². The molecule has 0 aromatic carbocycles. The number of anilines is 1. The highest BCUT2D eigenvalue weighted by atomic mass is 16.5. The van der Waals surface area contributed by atoms with Gasteiger partial charge >= 0.3 is 5.97 Å². The number of nitrogens with one attached hydrogen (secondary N) is 1. The van der Waals surface area contributed by atoms with Crippen molar-refractivity contribution in [1.29, 1.82) is 0 Å². The molecule has 0 saturated carbocycles. The number of methoxy groups -OCH3 is 1. The maximum atomic E-state index is 11.5. The van der Waals surface area contributed by atoms with Crippen LogP contribution in [0, 0.1) is 11.8 Å². The molecule has 0 amide bonds. The molecular formula is C13H20N2O2. The Morgan fingerprint density at radius 2 is 2.18 bits per heavy atom. The van der Waals surface area contributed by atoms with Crippen molar-refractivity contribution in [2.24, 2.45) is 11.8 Å². The lowest BCUT2D eigenvalue weighted by Gasteiger charge is -2.17. The van der Waals surface area contributed by atoms with Crippen LogP contribution in [0.15, 0.2) is 18.3 Å². The average molecular weight is 236 g/mol. The Morgan fingerprint density at radius 3 is 2.76 bits per heavy atom. The molecule has 94 valence electrons. The molecule has 1 N–H and O–H groups in total. The van der Waals surface area contributed by atoms with Crippen LogP contribution in [0.1, 0.15) is 31.1 Å². The summed E-state index contributed by atoms with van der Waals surface area (Å²) in [5.74, 6) is 1.33. The van der Waals surface area contributed by atoms with Crippen molar-refractivity contribution in [3.8, 4) is 0 Å². The highest BCUT2D eigenvalue weighted by molar-refractivity contribution is 5.94. The van der Waals surface area contributed by atoms with Gasteiger partial charge in [0.25, 0.3) is 0 Å². The van der Waals surface area contributed by atoms with E-state index in [4.69, 9.17) is 4.74 Å². The average Bonchev–Trinajstić information content (AvgIpc) is 2.35. The van der Waals surface area contributed by atoms with Crippen LogP contribution in [-0.4, -0.2) is 24.6 Å². The second-order valence-electron chi connectivity index (χ2n) is 4.49. The van der Waals surface area contributed by atoms with Gasteiger partial charge in [0.1, 0.15) is 11.4 Å². The molecule has 1 aromatic heterocycles. The summed E-state index contributed by atoms with van der Waals surface area (Å²) in [5.41, 5.74) is 0.478. The van der Waals surface area contributed by atoms with Gasteiger partial charge in [0.15, 0.2) is 0 Å². The fraction of sp³-hybridized carbons (Fsp3) is 0.538. The standard InChI is InChI=1S/C13H20N2O2/c1-9(2)10(3)8-15-12-11(13(16)17-4)6-5-7-14-12/h5-7,9-10H,8H2,1-4H3,(H,14,15). The summed E-state index contributed by atoms with van der Waals surface area (Å²) in [5, 5.41) is 3.20. The number of nitrogens with zero attached hydrogens (tertiary/aromatic N) is 1. The van der Waals surface area contributed by atoms with Gasteiger partial charge in [0.05, 0.1) is 7.11 Å². The molecule has 0 aliphatic carbocycles. The van der Waals surface area contributed by atoms with E-state index in [-0.39, 0.29) is 5.97 Å². The van der Waals surface area contributed by atoms with E-state index >= 15 is 0 Å². The van der Waals surface area contributed by atoms with Gasteiger partial charge < -0.3 is 10.1 Å². The fourth-order valence-corrected chi connectivity index (χ4v) is 1.31.